The Labute approximate surface area is 150 Å². The number of aromatic hydroxyl groups is 2. The molecule has 138 valence electrons. The van der Waals surface area contributed by atoms with Gasteiger partial charge in [0.05, 0.1) is 0 Å². The molecule has 0 atom stereocenters. The fraction of sp³-hybridized carbons (Fsp3) is 0.476. The number of carboxylic acids is 1. The minimum absolute atomic E-state index is 0.0414. The molecule has 0 heterocycles. The molecule has 0 aliphatic rings. The number of allylic oxidation sites excluding steroid dienone is 4. The fourth-order valence-corrected chi connectivity index (χ4v) is 2.68. The highest BCUT2D eigenvalue weighted by Gasteiger charge is 2.21. The summed E-state index contributed by atoms with van der Waals surface area (Å²) in [7, 11) is 0. The van der Waals surface area contributed by atoms with Gasteiger partial charge in [0.15, 0.2) is 0 Å². The van der Waals surface area contributed by atoms with Crippen LogP contribution in [0.3, 0.4) is 0 Å². The lowest BCUT2D eigenvalue weighted by Crippen LogP contribution is -2.05. The summed E-state index contributed by atoms with van der Waals surface area (Å²) in [6.45, 7) is 8.10. The van der Waals surface area contributed by atoms with Crippen molar-refractivity contribution in [2.24, 2.45) is 0 Å². The maximum absolute atomic E-state index is 11.6. The number of hydrogen-bond acceptors (Lipinski definition) is 3. The Balaban J connectivity index is 3.12. The van der Waals surface area contributed by atoms with Gasteiger partial charge in [-0.3, -0.25) is 0 Å². The average molecular weight is 346 g/mol. The second-order valence-corrected chi connectivity index (χ2v) is 6.76. The smallest absolute Gasteiger partial charge is 0.339 e. The first kappa shape index (κ1) is 20.8. The zero-order valence-corrected chi connectivity index (χ0v) is 15.7. The van der Waals surface area contributed by atoms with Gasteiger partial charge in [-0.1, -0.05) is 43.1 Å². The summed E-state index contributed by atoms with van der Waals surface area (Å²) in [6, 6.07) is 1.49. The van der Waals surface area contributed by atoms with Crippen LogP contribution >= 0.6 is 0 Å². The Hall–Kier alpha value is -2.23. The van der Waals surface area contributed by atoms with E-state index in [1.807, 2.05) is 26.8 Å². The second kappa shape index (κ2) is 9.92. The lowest BCUT2D eigenvalue weighted by atomic mass is 9.95. The molecule has 0 aliphatic carbocycles. The quantitative estimate of drug-likeness (QED) is 0.415. The molecule has 0 aliphatic heterocycles. The van der Waals surface area contributed by atoms with Crippen molar-refractivity contribution < 1.29 is 20.1 Å². The molecule has 3 N–H and O–H groups in total. The van der Waals surface area contributed by atoms with E-state index in [0.29, 0.717) is 18.4 Å². The molecule has 0 saturated carbocycles. The van der Waals surface area contributed by atoms with Crippen molar-refractivity contribution >= 4 is 5.97 Å². The lowest BCUT2D eigenvalue weighted by molar-refractivity contribution is 0.0692. The summed E-state index contributed by atoms with van der Waals surface area (Å²) in [6.07, 6.45) is 8.48. The summed E-state index contributed by atoms with van der Waals surface area (Å²) in [5.41, 5.74) is 3.00. The van der Waals surface area contributed by atoms with E-state index in [-0.39, 0.29) is 22.6 Å². The zero-order chi connectivity index (χ0) is 19.0. The minimum atomic E-state index is -1.16. The molecule has 4 nitrogen and oxygen atoms in total. The highest BCUT2D eigenvalue weighted by atomic mass is 16.4. The molecule has 1 rings (SSSR count). The van der Waals surface area contributed by atoms with Gasteiger partial charge in [0.2, 0.25) is 0 Å². The van der Waals surface area contributed by atoms with Crippen molar-refractivity contribution in [3.63, 3.8) is 0 Å². The summed E-state index contributed by atoms with van der Waals surface area (Å²) >= 11 is 0. The van der Waals surface area contributed by atoms with Crippen LogP contribution in [0.25, 0.3) is 0 Å². The Morgan fingerprint density at radius 2 is 1.80 bits per heavy atom. The summed E-state index contributed by atoms with van der Waals surface area (Å²) in [5, 5.41) is 30.2. The molecule has 1 aromatic rings. The van der Waals surface area contributed by atoms with Crippen LogP contribution in [0, 0.1) is 0 Å². The maximum atomic E-state index is 11.6. The molecular weight excluding hydrogens is 316 g/mol. The van der Waals surface area contributed by atoms with Crippen molar-refractivity contribution in [1.82, 2.24) is 0 Å². The fourth-order valence-electron chi connectivity index (χ4n) is 2.68. The van der Waals surface area contributed by atoms with Gasteiger partial charge < -0.3 is 15.3 Å². The van der Waals surface area contributed by atoms with E-state index in [1.165, 1.54) is 11.6 Å². The molecule has 0 unspecified atom stereocenters. The van der Waals surface area contributed by atoms with Crippen molar-refractivity contribution in [2.75, 3.05) is 0 Å². The van der Waals surface area contributed by atoms with Crippen molar-refractivity contribution in [3.8, 4) is 11.5 Å². The SMILES string of the molecule is CCCCCc1cc(O)c(C/C=C(/C)CC=C(C)C)c(O)c1C(=O)O. The van der Waals surface area contributed by atoms with Crippen LogP contribution < -0.4 is 0 Å². The number of phenolic OH excluding ortho intramolecular Hbond substituents is 1. The normalized spacial score (nSPS) is 11.4. The zero-order valence-electron chi connectivity index (χ0n) is 15.7. The van der Waals surface area contributed by atoms with Gasteiger partial charge in [0.1, 0.15) is 17.1 Å². The number of phenols is 2. The first-order valence-corrected chi connectivity index (χ1v) is 8.86. The topological polar surface area (TPSA) is 77.8 Å². The molecule has 4 heteroatoms. The van der Waals surface area contributed by atoms with Crippen LogP contribution in [0.4, 0.5) is 0 Å². The third-order valence-electron chi connectivity index (χ3n) is 4.21. The van der Waals surface area contributed by atoms with Crippen LogP contribution in [0.5, 0.6) is 11.5 Å². The molecule has 25 heavy (non-hydrogen) atoms. The van der Waals surface area contributed by atoms with Crippen LogP contribution in [0.1, 0.15) is 74.9 Å². The molecule has 1 aromatic carbocycles. The summed E-state index contributed by atoms with van der Waals surface area (Å²) in [4.78, 5) is 11.6. The first-order chi connectivity index (χ1) is 11.8. The Morgan fingerprint density at radius 3 is 2.36 bits per heavy atom. The highest BCUT2D eigenvalue weighted by molar-refractivity contribution is 5.93. The Morgan fingerprint density at radius 1 is 1.12 bits per heavy atom. The van der Waals surface area contributed by atoms with E-state index in [1.54, 1.807) is 0 Å². The molecule has 0 amide bonds. The molecular formula is C21H30O4. The lowest BCUT2D eigenvalue weighted by Gasteiger charge is -2.14. The minimum Gasteiger partial charge on any atom is -0.508 e. The molecule has 0 aromatic heterocycles. The third-order valence-corrected chi connectivity index (χ3v) is 4.21. The number of rotatable bonds is 9. The predicted molar refractivity (Wildman–Crippen MR) is 101 cm³/mol. The van der Waals surface area contributed by atoms with Gasteiger partial charge in [0.25, 0.3) is 0 Å². The van der Waals surface area contributed by atoms with Gasteiger partial charge in [-0.2, -0.15) is 0 Å². The second-order valence-electron chi connectivity index (χ2n) is 6.76. The first-order valence-electron chi connectivity index (χ1n) is 8.86. The van der Waals surface area contributed by atoms with Gasteiger partial charge in [-0.25, -0.2) is 4.79 Å². The number of carboxylic acid groups (broad SMARTS) is 1. The number of aryl methyl sites for hydroxylation is 1. The number of hydrogen-bond donors (Lipinski definition) is 3. The standard InChI is InChI=1S/C21H30O4/c1-5-6-7-8-16-13-18(22)17(20(23)19(16)21(24)25)12-11-15(4)10-9-14(2)3/h9,11,13,22-23H,5-8,10,12H2,1-4H3,(H,24,25)/b15-11-. The van der Waals surface area contributed by atoms with Gasteiger partial charge in [0, 0.05) is 5.56 Å². The molecule has 0 spiro atoms. The average Bonchev–Trinajstić information content (AvgIpc) is 2.52. The van der Waals surface area contributed by atoms with Crippen molar-refractivity contribution in [3.05, 3.63) is 46.1 Å². The largest absolute Gasteiger partial charge is 0.508 e. The van der Waals surface area contributed by atoms with Gasteiger partial charge in [-0.05, 0) is 58.1 Å². The van der Waals surface area contributed by atoms with Crippen molar-refractivity contribution in [1.29, 1.82) is 0 Å². The third kappa shape index (κ3) is 6.29. The molecule has 0 saturated heterocycles. The van der Waals surface area contributed by atoms with E-state index in [2.05, 4.69) is 13.0 Å². The Bertz CT molecular complexity index is 665. The van der Waals surface area contributed by atoms with Crippen LogP contribution in [0.15, 0.2) is 29.4 Å². The van der Waals surface area contributed by atoms with E-state index in [4.69, 9.17) is 0 Å². The monoisotopic (exact) mass is 346 g/mol. The maximum Gasteiger partial charge on any atom is 0.339 e. The number of aromatic carboxylic acids is 1. The van der Waals surface area contributed by atoms with E-state index in [0.717, 1.165) is 31.3 Å². The predicted octanol–water partition coefficient (Wildman–Crippen LogP) is 5.37. The number of carbonyl (C=O) groups is 1. The van der Waals surface area contributed by atoms with E-state index < -0.39 is 5.97 Å². The van der Waals surface area contributed by atoms with Crippen LogP contribution in [-0.4, -0.2) is 21.3 Å². The molecule has 0 fully saturated rings. The van der Waals surface area contributed by atoms with Crippen LogP contribution in [-0.2, 0) is 12.8 Å². The number of unbranched alkanes of at least 4 members (excludes halogenated alkanes) is 2. The van der Waals surface area contributed by atoms with Crippen LogP contribution in [0.2, 0.25) is 0 Å². The van der Waals surface area contributed by atoms with E-state index in [9.17, 15) is 20.1 Å². The summed E-state index contributed by atoms with van der Waals surface area (Å²) in [5.74, 6) is -1.51. The van der Waals surface area contributed by atoms with E-state index >= 15 is 0 Å². The molecule has 0 bridgehead atoms. The highest BCUT2D eigenvalue weighted by Crippen LogP contribution is 2.35. The van der Waals surface area contributed by atoms with Crippen molar-refractivity contribution in [2.45, 2.75) is 66.2 Å². The molecule has 0 radical (unpaired) electrons. The number of benzene rings is 1. The Kier molecular flexibility index (Phi) is 8.26. The summed E-state index contributed by atoms with van der Waals surface area (Å²) < 4.78 is 0. The van der Waals surface area contributed by atoms with Gasteiger partial charge in [-0.15, -0.1) is 0 Å². The van der Waals surface area contributed by atoms with Gasteiger partial charge >= 0.3 is 5.97 Å².